The molecular weight excluding hydrogens is 192 g/mol. The normalized spacial score (nSPS) is 7.47. The highest BCUT2D eigenvalue weighted by Crippen LogP contribution is 2.01. The van der Waals surface area contributed by atoms with Gasteiger partial charge in [0, 0.05) is 5.56 Å². The van der Waals surface area contributed by atoms with Crippen molar-refractivity contribution in [2.24, 2.45) is 0 Å². The molecule has 1 rings (SSSR count). The third-order valence-electron chi connectivity index (χ3n) is 1.29. The smallest absolute Gasteiger partial charge is 0.335 e. The van der Waals surface area contributed by atoms with E-state index in [4.69, 9.17) is 5.11 Å². The summed E-state index contributed by atoms with van der Waals surface area (Å²) in [7, 11) is 0. The first-order valence-corrected chi connectivity index (χ1v) is 5.02. The molecule has 0 bridgehead atoms. The largest absolute Gasteiger partial charge is 0.478 e. The van der Waals surface area contributed by atoms with Gasteiger partial charge in [0.15, 0.2) is 0 Å². The Morgan fingerprint density at radius 1 is 1.07 bits per heavy atom. The van der Waals surface area contributed by atoms with Gasteiger partial charge < -0.3 is 5.11 Å². The fourth-order valence-electron chi connectivity index (χ4n) is 0.704. The fraction of sp³-hybridized carbons (Fsp3) is 0.333. The highest BCUT2D eigenvalue weighted by atomic mass is 16.4. The van der Waals surface area contributed by atoms with Crippen molar-refractivity contribution in [1.82, 2.24) is 0 Å². The molecule has 1 aromatic rings. The fourth-order valence-corrected chi connectivity index (χ4v) is 0.704. The molecule has 0 fully saturated rings. The van der Waals surface area contributed by atoms with Crippen molar-refractivity contribution in [3.05, 3.63) is 35.4 Å². The summed E-state index contributed by atoms with van der Waals surface area (Å²) in [6.07, 6.45) is 0.672. The van der Waals surface area contributed by atoms with E-state index in [0.29, 0.717) is 11.8 Å². The second kappa shape index (κ2) is 10.4. The van der Waals surface area contributed by atoms with Crippen LogP contribution in [0.25, 0.3) is 0 Å². The van der Waals surface area contributed by atoms with Crippen molar-refractivity contribution >= 4 is 12.3 Å². The maximum atomic E-state index is 10.3. The second-order valence-corrected chi connectivity index (χ2v) is 2.05. The predicted molar refractivity (Wildman–Crippen MR) is 61.5 cm³/mol. The Bertz CT molecular complexity index is 275. The molecular formula is C12H18O3. The summed E-state index contributed by atoms with van der Waals surface area (Å²) in [4.78, 5) is 20.5. The molecule has 0 aromatic heterocycles. The third-order valence-corrected chi connectivity index (χ3v) is 1.29. The lowest BCUT2D eigenvalue weighted by Crippen LogP contribution is -1.95. The van der Waals surface area contributed by atoms with Crippen LogP contribution in [0, 0.1) is 0 Å². The Hall–Kier alpha value is -1.64. The molecule has 0 aliphatic carbocycles. The molecule has 84 valence electrons. The Kier molecular flexibility index (Phi) is 11.0. The van der Waals surface area contributed by atoms with Crippen molar-refractivity contribution in [3.8, 4) is 0 Å². The van der Waals surface area contributed by atoms with Crippen LogP contribution in [0.4, 0.5) is 0 Å². The van der Waals surface area contributed by atoms with E-state index in [9.17, 15) is 9.59 Å². The zero-order chi connectivity index (χ0) is 12.3. The van der Waals surface area contributed by atoms with Crippen molar-refractivity contribution in [3.63, 3.8) is 0 Å². The number of aldehydes is 1. The molecule has 3 nitrogen and oxygen atoms in total. The summed E-state index contributed by atoms with van der Waals surface area (Å²) in [6.45, 7) is 8.00. The summed E-state index contributed by atoms with van der Waals surface area (Å²) >= 11 is 0. The van der Waals surface area contributed by atoms with Crippen LogP contribution < -0.4 is 0 Å². The molecule has 0 spiro atoms. The monoisotopic (exact) mass is 210 g/mol. The van der Waals surface area contributed by atoms with Gasteiger partial charge in [0.1, 0.15) is 6.29 Å². The van der Waals surface area contributed by atoms with Gasteiger partial charge in [0.2, 0.25) is 0 Å². The number of benzene rings is 1. The summed E-state index contributed by atoms with van der Waals surface area (Å²) in [5, 5.41) is 8.46. The molecule has 0 heterocycles. The van der Waals surface area contributed by atoms with E-state index in [1.165, 1.54) is 24.3 Å². The zero-order valence-electron chi connectivity index (χ0n) is 9.65. The number of carboxylic acids is 1. The van der Waals surface area contributed by atoms with E-state index in [0.717, 1.165) is 0 Å². The molecule has 0 aliphatic rings. The highest BCUT2D eigenvalue weighted by Gasteiger charge is 1.99. The van der Waals surface area contributed by atoms with Crippen LogP contribution in [0.3, 0.4) is 0 Å². The lowest BCUT2D eigenvalue weighted by molar-refractivity contribution is 0.0696. The number of rotatable bonds is 2. The first-order chi connectivity index (χ1) is 7.24. The van der Waals surface area contributed by atoms with Gasteiger partial charge >= 0.3 is 5.97 Å². The van der Waals surface area contributed by atoms with E-state index in [2.05, 4.69) is 0 Å². The number of carbonyl (C=O) groups is 2. The second-order valence-electron chi connectivity index (χ2n) is 2.05. The van der Waals surface area contributed by atoms with Crippen molar-refractivity contribution < 1.29 is 14.7 Å². The van der Waals surface area contributed by atoms with E-state index >= 15 is 0 Å². The first kappa shape index (κ1) is 15.8. The van der Waals surface area contributed by atoms with Crippen LogP contribution in [0.2, 0.25) is 0 Å². The topological polar surface area (TPSA) is 54.4 Å². The van der Waals surface area contributed by atoms with Gasteiger partial charge in [-0.05, 0) is 12.1 Å². The molecule has 1 aromatic carbocycles. The zero-order valence-corrected chi connectivity index (χ0v) is 9.65. The summed E-state index contributed by atoms with van der Waals surface area (Å²) in [6, 6.07) is 5.73. The maximum absolute atomic E-state index is 10.3. The van der Waals surface area contributed by atoms with Gasteiger partial charge in [-0.2, -0.15) is 0 Å². The summed E-state index contributed by atoms with van der Waals surface area (Å²) in [5.74, 6) is -0.984. The molecule has 0 radical (unpaired) electrons. The highest BCUT2D eigenvalue weighted by molar-refractivity contribution is 5.88. The van der Waals surface area contributed by atoms with Crippen molar-refractivity contribution in [1.29, 1.82) is 0 Å². The Morgan fingerprint density at radius 2 is 1.47 bits per heavy atom. The molecule has 0 amide bonds. The van der Waals surface area contributed by atoms with Gasteiger partial charge in [-0.15, -0.1) is 0 Å². The minimum absolute atomic E-state index is 0.190. The minimum atomic E-state index is -0.984. The van der Waals surface area contributed by atoms with E-state index in [1.807, 2.05) is 27.7 Å². The van der Waals surface area contributed by atoms with Crippen LogP contribution in [0.1, 0.15) is 48.4 Å². The van der Waals surface area contributed by atoms with E-state index < -0.39 is 5.97 Å². The average molecular weight is 210 g/mol. The number of carbonyl (C=O) groups excluding carboxylic acids is 1. The molecule has 0 atom stereocenters. The van der Waals surface area contributed by atoms with Crippen molar-refractivity contribution in [2.45, 2.75) is 27.7 Å². The number of carboxylic acid groups (broad SMARTS) is 1. The standard InChI is InChI=1S/C8H6O3.2C2H6/c9-5-6-1-3-7(4-2-6)8(10)11;2*1-2/h1-5H,(H,10,11);2*1-2H3. The van der Waals surface area contributed by atoms with Gasteiger partial charge in [-0.1, -0.05) is 39.8 Å². The Balaban J connectivity index is 0. The summed E-state index contributed by atoms with van der Waals surface area (Å²) in [5.41, 5.74) is 0.672. The molecule has 0 aliphatic heterocycles. The first-order valence-electron chi connectivity index (χ1n) is 5.02. The third kappa shape index (κ3) is 6.43. The maximum Gasteiger partial charge on any atom is 0.335 e. The van der Waals surface area contributed by atoms with Gasteiger partial charge in [-0.25, -0.2) is 4.79 Å². The van der Waals surface area contributed by atoms with Crippen LogP contribution >= 0.6 is 0 Å². The quantitative estimate of drug-likeness (QED) is 0.762. The van der Waals surface area contributed by atoms with Crippen LogP contribution in [0.15, 0.2) is 24.3 Å². The molecule has 3 heteroatoms. The molecule has 0 saturated heterocycles. The van der Waals surface area contributed by atoms with Crippen LogP contribution in [-0.2, 0) is 0 Å². The molecule has 0 saturated carbocycles. The van der Waals surface area contributed by atoms with Gasteiger partial charge in [-0.3, -0.25) is 4.79 Å². The number of aromatic carboxylic acids is 1. The number of hydrogen-bond acceptors (Lipinski definition) is 2. The summed E-state index contributed by atoms with van der Waals surface area (Å²) < 4.78 is 0. The Labute approximate surface area is 90.7 Å². The number of hydrogen-bond donors (Lipinski definition) is 1. The Morgan fingerprint density at radius 3 is 1.73 bits per heavy atom. The van der Waals surface area contributed by atoms with Crippen molar-refractivity contribution in [2.75, 3.05) is 0 Å². The molecule has 15 heavy (non-hydrogen) atoms. The average Bonchev–Trinajstić information content (AvgIpc) is 2.34. The SMILES string of the molecule is CC.CC.O=Cc1ccc(C(=O)O)cc1. The van der Waals surface area contributed by atoms with E-state index in [1.54, 1.807) is 0 Å². The molecule has 0 unspecified atom stereocenters. The lowest BCUT2D eigenvalue weighted by atomic mass is 10.1. The van der Waals surface area contributed by atoms with E-state index in [-0.39, 0.29) is 5.56 Å². The van der Waals surface area contributed by atoms with Gasteiger partial charge in [0.25, 0.3) is 0 Å². The van der Waals surface area contributed by atoms with Crippen LogP contribution in [0.5, 0.6) is 0 Å². The predicted octanol–water partition coefficient (Wildman–Crippen LogP) is 3.25. The minimum Gasteiger partial charge on any atom is -0.478 e. The lowest BCUT2D eigenvalue weighted by Gasteiger charge is -1.92. The van der Waals surface area contributed by atoms with Gasteiger partial charge in [0.05, 0.1) is 5.56 Å². The van der Waals surface area contributed by atoms with Crippen LogP contribution in [-0.4, -0.2) is 17.4 Å². The molecule has 1 N–H and O–H groups in total.